The highest BCUT2D eigenvalue weighted by Gasteiger charge is 2.39. The van der Waals surface area contributed by atoms with Crippen molar-refractivity contribution in [2.45, 2.75) is 32.2 Å². The van der Waals surface area contributed by atoms with Gasteiger partial charge in [-0.05, 0) is 13.5 Å². The second-order valence-electron chi connectivity index (χ2n) is 3.45. The highest BCUT2D eigenvalue weighted by atomic mass is 19.4. The molecule has 0 rings (SSSR count). The molecule has 0 saturated heterocycles. The first kappa shape index (κ1) is 14.7. The maximum atomic E-state index is 12.1. The molecule has 0 aliphatic heterocycles. The largest absolute Gasteiger partial charge is 0.415 e. The maximum Gasteiger partial charge on any atom is 0.415 e. The molecule has 0 aromatic heterocycles. The van der Waals surface area contributed by atoms with Gasteiger partial charge in [-0.15, -0.1) is 0 Å². The van der Waals surface area contributed by atoms with E-state index in [4.69, 9.17) is 9.84 Å². The lowest BCUT2D eigenvalue weighted by molar-refractivity contribution is -0.209. The van der Waals surface area contributed by atoms with Crippen LogP contribution in [0.1, 0.15) is 13.8 Å². The fourth-order valence-corrected chi connectivity index (χ4v) is 1.29. The van der Waals surface area contributed by atoms with Gasteiger partial charge in [-0.25, -0.2) is 0 Å². The molecule has 3 nitrogen and oxygen atoms in total. The number of hydrogen-bond donors (Lipinski definition) is 1. The zero-order valence-electron chi connectivity index (χ0n) is 9.21. The number of aliphatic hydroxyl groups excluding tert-OH is 1. The summed E-state index contributed by atoms with van der Waals surface area (Å²) in [4.78, 5) is 1.53. The minimum Gasteiger partial charge on any atom is -0.383 e. The fourth-order valence-electron chi connectivity index (χ4n) is 1.29. The summed E-state index contributed by atoms with van der Waals surface area (Å²) in [5.41, 5.74) is 0. The predicted molar refractivity (Wildman–Crippen MR) is 50.6 cm³/mol. The van der Waals surface area contributed by atoms with Crippen molar-refractivity contribution in [1.82, 2.24) is 4.90 Å². The molecule has 0 amide bonds. The van der Waals surface area contributed by atoms with Crippen LogP contribution in [0.4, 0.5) is 13.2 Å². The van der Waals surface area contributed by atoms with E-state index in [0.717, 1.165) is 0 Å². The third-order valence-corrected chi connectivity index (χ3v) is 2.22. The molecule has 0 aromatic rings. The average molecular weight is 229 g/mol. The second-order valence-corrected chi connectivity index (χ2v) is 3.45. The van der Waals surface area contributed by atoms with Crippen molar-refractivity contribution in [3.8, 4) is 0 Å². The number of nitrogens with zero attached hydrogens (tertiary/aromatic N) is 1. The van der Waals surface area contributed by atoms with Gasteiger partial charge in [-0.2, -0.15) is 13.2 Å². The van der Waals surface area contributed by atoms with E-state index in [0.29, 0.717) is 13.2 Å². The van der Waals surface area contributed by atoms with Crippen LogP contribution in [0.2, 0.25) is 0 Å². The number of halogens is 3. The van der Waals surface area contributed by atoms with Gasteiger partial charge >= 0.3 is 6.18 Å². The van der Waals surface area contributed by atoms with E-state index in [-0.39, 0.29) is 6.04 Å². The molecule has 92 valence electrons. The van der Waals surface area contributed by atoms with Crippen molar-refractivity contribution in [2.24, 2.45) is 0 Å². The smallest absolute Gasteiger partial charge is 0.383 e. The number of rotatable bonds is 6. The first-order valence-electron chi connectivity index (χ1n) is 4.80. The Morgan fingerprint density at radius 1 is 1.40 bits per heavy atom. The molecular weight excluding hydrogens is 211 g/mol. The monoisotopic (exact) mass is 229 g/mol. The minimum atomic E-state index is -4.56. The highest BCUT2D eigenvalue weighted by Crippen LogP contribution is 2.21. The summed E-state index contributed by atoms with van der Waals surface area (Å²) >= 11 is 0. The van der Waals surface area contributed by atoms with Gasteiger partial charge in [0.2, 0.25) is 0 Å². The summed E-state index contributed by atoms with van der Waals surface area (Å²) in [6.45, 7) is 3.88. The van der Waals surface area contributed by atoms with Crippen molar-refractivity contribution in [3.63, 3.8) is 0 Å². The molecule has 0 aromatic carbocycles. The van der Waals surface area contributed by atoms with E-state index in [1.165, 1.54) is 12.0 Å². The van der Waals surface area contributed by atoms with Gasteiger partial charge in [0.15, 0.2) is 6.10 Å². The Kier molecular flexibility index (Phi) is 6.16. The lowest BCUT2D eigenvalue weighted by atomic mass is 10.2. The molecule has 0 bridgehead atoms. The molecule has 0 aliphatic rings. The van der Waals surface area contributed by atoms with Crippen LogP contribution in [0, 0.1) is 0 Å². The number of aliphatic hydroxyl groups is 1. The van der Waals surface area contributed by atoms with E-state index in [1.807, 2.05) is 0 Å². The fraction of sp³-hybridized carbons (Fsp3) is 1.00. The van der Waals surface area contributed by atoms with E-state index >= 15 is 0 Å². The van der Waals surface area contributed by atoms with Crippen molar-refractivity contribution >= 4 is 0 Å². The third-order valence-electron chi connectivity index (χ3n) is 2.22. The summed E-state index contributed by atoms with van der Waals surface area (Å²) in [6, 6.07) is -0.142. The zero-order chi connectivity index (χ0) is 12.1. The van der Waals surface area contributed by atoms with E-state index in [1.54, 1.807) is 13.8 Å². The average Bonchev–Trinajstić information content (AvgIpc) is 2.12. The van der Waals surface area contributed by atoms with Gasteiger partial charge in [-0.1, -0.05) is 6.92 Å². The van der Waals surface area contributed by atoms with Crippen LogP contribution < -0.4 is 0 Å². The van der Waals surface area contributed by atoms with Crippen molar-refractivity contribution in [2.75, 3.05) is 26.8 Å². The first-order chi connectivity index (χ1) is 6.82. The number of alkyl halides is 3. The van der Waals surface area contributed by atoms with Gasteiger partial charge in [-0.3, -0.25) is 4.90 Å². The van der Waals surface area contributed by atoms with Crippen LogP contribution in [0.5, 0.6) is 0 Å². The lowest BCUT2D eigenvalue weighted by Gasteiger charge is -2.29. The molecule has 6 heteroatoms. The standard InChI is InChI=1S/C9H18F3NO2/c1-4-13(7(2)6-15-3)5-8(14)9(10,11)12/h7-8,14H,4-6H2,1-3H3. The molecule has 0 spiro atoms. The van der Waals surface area contributed by atoms with Crippen LogP contribution >= 0.6 is 0 Å². The van der Waals surface area contributed by atoms with Gasteiger partial charge in [0, 0.05) is 19.7 Å². The molecule has 0 radical (unpaired) electrons. The van der Waals surface area contributed by atoms with E-state index in [2.05, 4.69) is 0 Å². The second kappa shape index (κ2) is 6.30. The van der Waals surface area contributed by atoms with Crippen molar-refractivity contribution in [3.05, 3.63) is 0 Å². The van der Waals surface area contributed by atoms with Gasteiger partial charge in [0.1, 0.15) is 0 Å². The Hall–Kier alpha value is -0.330. The Morgan fingerprint density at radius 3 is 2.27 bits per heavy atom. The number of ether oxygens (including phenoxy) is 1. The van der Waals surface area contributed by atoms with Gasteiger partial charge < -0.3 is 9.84 Å². The third kappa shape index (κ3) is 5.34. The molecule has 0 saturated carbocycles. The first-order valence-corrected chi connectivity index (χ1v) is 4.80. The molecule has 15 heavy (non-hydrogen) atoms. The number of likely N-dealkylation sites (N-methyl/N-ethyl adjacent to an activating group) is 1. The molecule has 0 aliphatic carbocycles. The topological polar surface area (TPSA) is 32.7 Å². The van der Waals surface area contributed by atoms with E-state index < -0.39 is 18.8 Å². The van der Waals surface area contributed by atoms with E-state index in [9.17, 15) is 13.2 Å². The van der Waals surface area contributed by atoms with Crippen LogP contribution in [0.3, 0.4) is 0 Å². The lowest BCUT2D eigenvalue weighted by Crippen LogP contribution is -2.45. The molecule has 0 fully saturated rings. The summed E-state index contributed by atoms with van der Waals surface area (Å²) in [7, 11) is 1.49. The zero-order valence-corrected chi connectivity index (χ0v) is 9.21. The minimum absolute atomic E-state index is 0.142. The maximum absolute atomic E-state index is 12.1. The van der Waals surface area contributed by atoms with Crippen LogP contribution in [-0.2, 0) is 4.74 Å². The molecule has 1 N–H and O–H groups in total. The van der Waals surface area contributed by atoms with Gasteiger partial charge in [0.05, 0.1) is 6.61 Å². The molecule has 2 atom stereocenters. The molecular formula is C9H18F3NO2. The highest BCUT2D eigenvalue weighted by molar-refractivity contribution is 4.74. The Morgan fingerprint density at radius 2 is 1.93 bits per heavy atom. The van der Waals surface area contributed by atoms with Crippen molar-refractivity contribution < 1.29 is 23.0 Å². The summed E-state index contributed by atoms with van der Waals surface area (Å²) in [6.07, 6.45) is -6.85. The van der Waals surface area contributed by atoms with Crippen LogP contribution in [0.25, 0.3) is 0 Å². The summed E-state index contributed by atoms with van der Waals surface area (Å²) < 4.78 is 41.1. The summed E-state index contributed by atoms with van der Waals surface area (Å²) in [5.74, 6) is 0. The normalized spacial score (nSPS) is 16.8. The van der Waals surface area contributed by atoms with Gasteiger partial charge in [0.25, 0.3) is 0 Å². The van der Waals surface area contributed by atoms with Crippen LogP contribution in [0.15, 0.2) is 0 Å². The quantitative estimate of drug-likeness (QED) is 0.744. The Bertz CT molecular complexity index is 175. The molecule has 0 heterocycles. The van der Waals surface area contributed by atoms with Crippen molar-refractivity contribution in [1.29, 1.82) is 0 Å². The van der Waals surface area contributed by atoms with Crippen LogP contribution in [-0.4, -0.2) is 55.1 Å². The number of hydrogen-bond acceptors (Lipinski definition) is 3. The number of methoxy groups -OCH3 is 1. The Balaban J connectivity index is 4.20. The SMILES string of the molecule is CCN(CC(O)C(F)(F)F)C(C)COC. The Labute approximate surface area is 87.8 Å². The predicted octanol–water partition coefficient (Wildman–Crippen LogP) is 1.27. The summed E-state index contributed by atoms with van der Waals surface area (Å²) in [5, 5.41) is 8.90. The molecule has 2 unspecified atom stereocenters.